The molecule has 3 nitrogen and oxygen atoms in total. The summed E-state index contributed by atoms with van der Waals surface area (Å²) in [6.07, 6.45) is 5.01. The van der Waals surface area contributed by atoms with E-state index in [1.165, 1.54) is 17.0 Å². The van der Waals surface area contributed by atoms with E-state index in [4.69, 9.17) is 4.84 Å². The number of hydroxylamine groups is 2. The maximum atomic E-state index is 13.8. The monoisotopic (exact) mass is 418 g/mol. The second-order valence-electron chi connectivity index (χ2n) is 6.32. The molecule has 2 aromatic carbocycles. The average Bonchev–Trinajstić information content (AvgIpc) is 3.23. The second-order valence-corrected chi connectivity index (χ2v) is 7.23. The van der Waals surface area contributed by atoms with Crippen LogP contribution in [0, 0.1) is 11.6 Å². The fourth-order valence-corrected chi connectivity index (χ4v) is 3.52. The molecule has 1 N–H and O–H groups in total. The topological polar surface area (TPSA) is 28.3 Å². The van der Waals surface area contributed by atoms with E-state index in [1.54, 1.807) is 0 Å². The minimum absolute atomic E-state index is 0.250. The number of rotatable bonds is 5. The second kappa shape index (κ2) is 7.21. The Morgan fingerprint density at radius 1 is 1.12 bits per heavy atom. The highest BCUT2D eigenvalue weighted by atomic mass is 79.9. The zero-order valence-electron chi connectivity index (χ0n) is 13.9. The van der Waals surface area contributed by atoms with Gasteiger partial charge >= 0.3 is 0 Å². The van der Waals surface area contributed by atoms with Crippen molar-refractivity contribution in [1.82, 2.24) is 10.0 Å². The molecule has 0 saturated heterocycles. The van der Waals surface area contributed by atoms with Crippen molar-refractivity contribution in [2.45, 2.75) is 12.8 Å². The Balaban J connectivity index is 1.36. The summed E-state index contributed by atoms with van der Waals surface area (Å²) < 4.78 is 28.1. The minimum atomic E-state index is -0.442. The van der Waals surface area contributed by atoms with Crippen LogP contribution in [0.3, 0.4) is 0 Å². The smallest absolute Gasteiger partial charge is 0.127 e. The van der Waals surface area contributed by atoms with Gasteiger partial charge in [0.2, 0.25) is 0 Å². The Bertz CT molecular complexity index is 983. The summed E-state index contributed by atoms with van der Waals surface area (Å²) in [5.74, 6) is -0.211. The number of aromatic amines is 1. The summed E-state index contributed by atoms with van der Waals surface area (Å²) in [4.78, 5) is 9.05. The van der Waals surface area contributed by atoms with Gasteiger partial charge in [0.1, 0.15) is 17.4 Å². The summed E-state index contributed by atoms with van der Waals surface area (Å²) in [5.41, 5.74) is 2.63. The summed E-state index contributed by atoms with van der Waals surface area (Å²) in [6.45, 7) is 1.35. The molecule has 0 fully saturated rings. The number of hydrogen-bond donors (Lipinski definition) is 1. The molecule has 1 aromatic heterocycles. The molecule has 0 saturated carbocycles. The zero-order chi connectivity index (χ0) is 18.1. The molecule has 0 amide bonds. The summed E-state index contributed by atoms with van der Waals surface area (Å²) >= 11 is 3.50. The molecule has 26 heavy (non-hydrogen) atoms. The van der Waals surface area contributed by atoms with Crippen LogP contribution < -0.4 is 0 Å². The van der Waals surface area contributed by atoms with Crippen molar-refractivity contribution in [3.8, 4) is 0 Å². The summed E-state index contributed by atoms with van der Waals surface area (Å²) in [7, 11) is 0. The molecule has 4 rings (SSSR count). The van der Waals surface area contributed by atoms with Gasteiger partial charge in [0, 0.05) is 34.5 Å². The Morgan fingerprint density at radius 2 is 2.00 bits per heavy atom. The molecule has 1 aliphatic heterocycles. The predicted molar refractivity (Wildman–Crippen MR) is 101 cm³/mol. The number of aromatic nitrogens is 1. The lowest BCUT2D eigenvalue weighted by atomic mass is 10.1. The van der Waals surface area contributed by atoms with Crippen LogP contribution in [-0.4, -0.2) is 23.1 Å². The van der Waals surface area contributed by atoms with Crippen LogP contribution >= 0.6 is 15.9 Å². The molecule has 0 bridgehead atoms. The largest absolute Gasteiger partial charge is 0.410 e. The maximum Gasteiger partial charge on any atom is 0.127 e. The van der Waals surface area contributed by atoms with E-state index in [1.807, 2.05) is 29.5 Å². The first-order valence-corrected chi connectivity index (χ1v) is 9.19. The van der Waals surface area contributed by atoms with Gasteiger partial charge in [0.15, 0.2) is 0 Å². The number of nitrogens with zero attached hydrogens (tertiary/aromatic N) is 1. The molecule has 6 heteroatoms. The molecule has 0 radical (unpaired) electrons. The van der Waals surface area contributed by atoms with E-state index in [2.05, 4.69) is 27.0 Å². The average molecular weight is 419 g/mol. The number of hydrogen-bond acceptors (Lipinski definition) is 2. The number of allylic oxidation sites excluding steroid dienone is 1. The maximum absolute atomic E-state index is 13.8. The predicted octanol–water partition coefficient (Wildman–Crippen LogP) is 5.12. The molecule has 0 atom stereocenters. The first-order chi connectivity index (χ1) is 12.6. The van der Waals surface area contributed by atoms with Gasteiger partial charge < -0.3 is 9.82 Å². The van der Waals surface area contributed by atoms with Gasteiger partial charge in [0.25, 0.3) is 0 Å². The highest BCUT2D eigenvalue weighted by molar-refractivity contribution is 9.10. The Morgan fingerprint density at radius 3 is 2.88 bits per heavy atom. The third-order valence-electron chi connectivity index (χ3n) is 4.50. The molecule has 3 aromatic rings. The molecule has 134 valence electrons. The van der Waals surface area contributed by atoms with Crippen molar-refractivity contribution in [3.63, 3.8) is 0 Å². The van der Waals surface area contributed by atoms with Crippen LogP contribution in [0.2, 0.25) is 0 Å². The van der Waals surface area contributed by atoms with E-state index < -0.39 is 11.6 Å². The van der Waals surface area contributed by atoms with Crippen molar-refractivity contribution in [2.24, 2.45) is 0 Å². The van der Waals surface area contributed by atoms with Crippen molar-refractivity contribution >= 4 is 26.8 Å². The highest BCUT2D eigenvalue weighted by Gasteiger charge is 2.18. The van der Waals surface area contributed by atoms with Crippen LogP contribution in [0.4, 0.5) is 8.78 Å². The summed E-state index contributed by atoms with van der Waals surface area (Å²) in [5, 5.41) is 3.03. The van der Waals surface area contributed by atoms with Crippen LogP contribution in [0.5, 0.6) is 0 Å². The van der Waals surface area contributed by atoms with E-state index >= 15 is 0 Å². The molecular weight excluding hydrogens is 402 g/mol. The number of halogens is 3. The quantitative estimate of drug-likeness (QED) is 0.622. The molecule has 0 spiro atoms. The van der Waals surface area contributed by atoms with Gasteiger partial charge in [-0.05, 0) is 60.0 Å². The summed E-state index contributed by atoms with van der Waals surface area (Å²) in [6, 6.07) is 9.63. The van der Waals surface area contributed by atoms with Gasteiger partial charge in [0.05, 0.1) is 6.54 Å². The number of benzene rings is 2. The van der Waals surface area contributed by atoms with Crippen molar-refractivity contribution < 1.29 is 13.6 Å². The van der Waals surface area contributed by atoms with Gasteiger partial charge in [-0.2, -0.15) is 0 Å². The van der Waals surface area contributed by atoms with E-state index in [9.17, 15) is 8.78 Å². The third-order valence-corrected chi connectivity index (χ3v) is 4.99. The molecule has 2 heterocycles. The zero-order valence-corrected chi connectivity index (χ0v) is 15.5. The van der Waals surface area contributed by atoms with E-state index in [0.29, 0.717) is 24.4 Å². The Hall–Kier alpha value is -2.18. The van der Waals surface area contributed by atoms with E-state index in [0.717, 1.165) is 28.5 Å². The highest BCUT2D eigenvalue weighted by Crippen LogP contribution is 2.24. The molecular formula is C20H17BrF2N2O. The van der Waals surface area contributed by atoms with Crippen LogP contribution in [0.1, 0.15) is 11.1 Å². The van der Waals surface area contributed by atoms with Gasteiger partial charge in [-0.25, -0.2) is 8.78 Å². The van der Waals surface area contributed by atoms with Crippen molar-refractivity contribution in [1.29, 1.82) is 0 Å². The molecule has 0 unspecified atom stereocenters. The Kier molecular flexibility index (Phi) is 4.78. The standard InChI is InChI=1S/C20H17BrF2N2O/c21-15-1-4-20-18(11-15)13(12-24-20)5-7-25-8-6-17(26-25)10-14-9-16(22)2-3-19(14)23/h1-4,6,9,11-12,24H,5,7-8,10H2. The lowest BCUT2D eigenvalue weighted by Gasteiger charge is -2.16. The van der Waals surface area contributed by atoms with Crippen molar-refractivity contribution in [3.05, 3.63) is 81.7 Å². The lowest BCUT2D eigenvalue weighted by molar-refractivity contribution is -0.0915. The first kappa shape index (κ1) is 17.2. The molecule has 1 aliphatic rings. The van der Waals surface area contributed by atoms with Gasteiger partial charge in [-0.15, -0.1) is 5.06 Å². The van der Waals surface area contributed by atoms with Crippen LogP contribution in [0.15, 0.2) is 58.9 Å². The van der Waals surface area contributed by atoms with Crippen molar-refractivity contribution in [2.75, 3.05) is 13.1 Å². The SMILES string of the molecule is Fc1ccc(F)c(CC2=CCN(CCc3c[nH]c4ccc(Br)cc34)O2)c1. The first-order valence-electron chi connectivity index (χ1n) is 8.40. The van der Waals surface area contributed by atoms with Crippen LogP contribution in [-0.2, 0) is 17.7 Å². The fourth-order valence-electron chi connectivity index (χ4n) is 3.15. The number of fused-ring (bicyclic) bond motifs is 1. The third kappa shape index (κ3) is 3.66. The fraction of sp³-hybridized carbons (Fsp3) is 0.200. The number of nitrogens with one attached hydrogen (secondary N) is 1. The van der Waals surface area contributed by atoms with Gasteiger partial charge in [-0.1, -0.05) is 15.9 Å². The Labute approximate surface area is 158 Å². The van der Waals surface area contributed by atoms with Crippen LogP contribution in [0.25, 0.3) is 10.9 Å². The number of H-pyrrole nitrogens is 1. The molecule has 0 aliphatic carbocycles. The lowest BCUT2D eigenvalue weighted by Crippen LogP contribution is -2.22. The normalized spacial score (nSPS) is 14.7. The van der Waals surface area contributed by atoms with E-state index in [-0.39, 0.29) is 6.42 Å². The van der Waals surface area contributed by atoms with Gasteiger partial charge in [-0.3, -0.25) is 0 Å². The minimum Gasteiger partial charge on any atom is -0.410 e.